The predicted molar refractivity (Wildman–Crippen MR) is 91.4 cm³/mol. The first kappa shape index (κ1) is 17.3. The first-order valence-corrected chi connectivity index (χ1v) is 8.42. The van der Waals surface area contributed by atoms with Crippen molar-refractivity contribution in [2.24, 2.45) is 0 Å². The third-order valence-electron chi connectivity index (χ3n) is 2.71. The van der Waals surface area contributed by atoms with Crippen molar-refractivity contribution in [1.82, 2.24) is 9.97 Å². The van der Waals surface area contributed by atoms with Gasteiger partial charge in [0.2, 0.25) is 0 Å². The summed E-state index contributed by atoms with van der Waals surface area (Å²) in [5.41, 5.74) is 1.31. The van der Waals surface area contributed by atoms with E-state index in [1.54, 1.807) is 25.5 Å². The summed E-state index contributed by atoms with van der Waals surface area (Å²) in [6, 6.07) is 5.50. The summed E-state index contributed by atoms with van der Waals surface area (Å²) in [6.45, 7) is 2.19. The minimum Gasteiger partial charge on any atom is -0.466 e. The molecule has 0 N–H and O–H groups in total. The maximum Gasteiger partial charge on any atom is 0.306 e. The van der Waals surface area contributed by atoms with Crippen LogP contribution in [-0.2, 0) is 9.53 Å². The highest BCUT2D eigenvalue weighted by molar-refractivity contribution is 7.99. The Morgan fingerprint density at radius 2 is 2.22 bits per heavy atom. The number of carbonyl (C=O) groups excluding carboxylic acids is 1. The zero-order valence-electron chi connectivity index (χ0n) is 12.6. The number of ether oxygens (including phenoxy) is 1. The van der Waals surface area contributed by atoms with E-state index in [2.05, 4.69) is 21.8 Å². The summed E-state index contributed by atoms with van der Waals surface area (Å²) in [7, 11) is 0. The van der Waals surface area contributed by atoms with Crippen LogP contribution in [0, 0.1) is 11.8 Å². The van der Waals surface area contributed by atoms with Gasteiger partial charge in [-0.3, -0.25) is 9.78 Å². The lowest BCUT2D eigenvalue weighted by Gasteiger charge is -2.05. The van der Waals surface area contributed by atoms with E-state index in [0.717, 1.165) is 10.5 Å². The lowest BCUT2D eigenvalue weighted by Crippen LogP contribution is -2.04. The van der Waals surface area contributed by atoms with Crippen LogP contribution in [-0.4, -0.2) is 28.3 Å². The molecule has 2 rings (SSSR count). The molecule has 2 aromatic rings. The van der Waals surface area contributed by atoms with E-state index in [-0.39, 0.29) is 5.97 Å². The summed E-state index contributed by atoms with van der Waals surface area (Å²) in [5, 5.41) is 0.498. The minimum absolute atomic E-state index is 0.207. The van der Waals surface area contributed by atoms with Gasteiger partial charge in [0.1, 0.15) is 5.69 Å². The van der Waals surface area contributed by atoms with Crippen LogP contribution in [0.3, 0.4) is 0 Å². The lowest BCUT2D eigenvalue weighted by atomic mass is 10.2. The van der Waals surface area contributed by atoms with E-state index in [4.69, 9.17) is 16.3 Å². The van der Waals surface area contributed by atoms with Gasteiger partial charge in [-0.2, -0.15) is 0 Å². The molecule has 0 aliphatic rings. The Morgan fingerprint density at radius 3 is 2.96 bits per heavy atom. The van der Waals surface area contributed by atoms with Gasteiger partial charge in [-0.05, 0) is 31.0 Å². The largest absolute Gasteiger partial charge is 0.466 e. The molecule has 0 aromatic carbocycles. The van der Waals surface area contributed by atoms with Gasteiger partial charge in [0.25, 0.3) is 0 Å². The third-order valence-corrected chi connectivity index (χ3v) is 4.26. The van der Waals surface area contributed by atoms with Crippen LogP contribution in [0.25, 0.3) is 0 Å². The number of nitrogens with zero attached hydrogens (tertiary/aromatic N) is 2. The Hall–Kier alpha value is -2.03. The quantitative estimate of drug-likeness (QED) is 0.470. The maximum absolute atomic E-state index is 11.3. The summed E-state index contributed by atoms with van der Waals surface area (Å²) >= 11 is 7.82. The Balaban J connectivity index is 2.04. The highest BCUT2D eigenvalue weighted by atomic mass is 35.5. The number of aromatic nitrogens is 2. The van der Waals surface area contributed by atoms with Crippen molar-refractivity contribution < 1.29 is 9.53 Å². The normalized spacial score (nSPS) is 9.83. The van der Waals surface area contributed by atoms with Gasteiger partial charge in [-0.25, -0.2) is 4.98 Å². The van der Waals surface area contributed by atoms with Crippen molar-refractivity contribution in [3.63, 3.8) is 0 Å². The maximum atomic E-state index is 11.3. The average molecular weight is 347 g/mol. The summed E-state index contributed by atoms with van der Waals surface area (Å²) in [6.07, 6.45) is 5.37. The third kappa shape index (κ3) is 5.59. The van der Waals surface area contributed by atoms with E-state index in [1.165, 1.54) is 11.8 Å². The van der Waals surface area contributed by atoms with Crippen LogP contribution in [0.2, 0.25) is 5.02 Å². The van der Waals surface area contributed by atoms with Crippen molar-refractivity contribution in [3.05, 3.63) is 53.1 Å². The Morgan fingerprint density at radius 1 is 1.35 bits per heavy atom. The smallest absolute Gasteiger partial charge is 0.306 e. The molecule has 0 unspecified atom stereocenters. The van der Waals surface area contributed by atoms with Crippen molar-refractivity contribution in [3.8, 4) is 11.8 Å². The molecule has 0 radical (unpaired) electrons. The fraction of sp³-hybridized carbons (Fsp3) is 0.235. The monoisotopic (exact) mass is 346 g/mol. The molecule has 0 saturated heterocycles. The Bertz CT molecular complexity index is 726. The van der Waals surface area contributed by atoms with E-state index >= 15 is 0 Å². The second-order valence-corrected chi connectivity index (χ2v) is 5.88. The highest BCUT2D eigenvalue weighted by Crippen LogP contribution is 2.29. The van der Waals surface area contributed by atoms with Gasteiger partial charge >= 0.3 is 5.97 Å². The molecular formula is C17H15ClN2O2S. The van der Waals surface area contributed by atoms with Gasteiger partial charge in [-0.15, -0.1) is 11.8 Å². The minimum atomic E-state index is -0.207. The molecule has 118 valence electrons. The number of rotatable bonds is 5. The molecule has 0 atom stereocenters. The van der Waals surface area contributed by atoms with Gasteiger partial charge in [0, 0.05) is 34.8 Å². The van der Waals surface area contributed by atoms with Gasteiger partial charge in [0.05, 0.1) is 18.1 Å². The number of thioether (sulfide) groups is 1. The zero-order chi connectivity index (χ0) is 16.5. The van der Waals surface area contributed by atoms with Crippen LogP contribution in [0.15, 0.2) is 41.7 Å². The molecule has 0 bridgehead atoms. The Labute approximate surface area is 144 Å². The first-order chi connectivity index (χ1) is 11.2. The molecule has 2 heterocycles. The van der Waals surface area contributed by atoms with Gasteiger partial charge in [-0.1, -0.05) is 17.5 Å². The summed E-state index contributed by atoms with van der Waals surface area (Å²) in [5.74, 6) is 6.32. The molecule has 0 saturated carbocycles. The Kier molecular flexibility index (Phi) is 6.92. The topological polar surface area (TPSA) is 52.1 Å². The summed E-state index contributed by atoms with van der Waals surface area (Å²) < 4.78 is 4.90. The van der Waals surface area contributed by atoms with Gasteiger partial charge < -0.3 is 4.74 Å². The second-order valence-electron chi connectivity index (χ2n) is 4.37. The standard InChI is InChI=1S/C17H15ClN2O2S/c1-2-22-16(21)8-11-23-15-7-10-20-14(17(15)18)6-5-13-4-3-9-19-12-13/h3-4,7,9-10,12H,2,8,11H2,1H3. The molecule has 0 fully saturated rings. The predicted octanol–water partition coefficient (Wildman–Crippen LogP) is 3.58. The van der Waals surface area contributed by atoms with E-state index in [9.17, 15) is 4.79 Å². The molecule has 0 spiro atoms. The first-order valence-electron chi connectivity index (χ1n) is 7.05. The molecule has 6 heteroatoms. The van der Waals surface area contributed by atoms with E-state index in [0.29, 0.717) is 29.5 Å². The van der Waals surface area contributed by atoms with Crippen LogP contribution >= 0.6 is 23.4 Å². The van der Waals surface area contributed by atoms with Crippen molar-refractivity contribution in [1.29, 1.82) is 0 Å². The van der Waals surface area contributed by atoms with Crippen LogP contribution < -0.4 is 0 Å². The molecular weight excluding hydrogens is 332 g/mol. The summed E-state index contributed by atoms with van der Waals surface area (Å²) in [4.78, 5) is 20.4. The number of pyridine rings is 2. The lowest BCUT2D eigenvalue weighted by molar-refractivity contribution is -0.142. The molecule has 4 nitrogen and oxygen atoms in total. The molecule has 0 aliphatic carbocycles. The SMILES string of the molecule is CCOC(=O)CCSc1ccnc(C#Cc2cccnc2)c1Cl. The molecule has 23 heavy (non-hydrogen) atoms. The average Bonchev–Trinajstić information content (AvgIpc) is 2.56. The van der Waals surface area contributed by atoms with Crippen LogP contribution in [0.1, 0.15) is 24.6 Å². The van der Waals surface area contributed by atoms with Crippen molar-refractivity contribution in [2.75, 3.05) is 12.4 Å². The highest BCUT2D eigenvalue weighted by Gasteiger charge is 2.08. The number of esters is 1. The van der Waals surface area contributed by atoms with Gasteiger partial charge in [0.15, 0.2) is 0 Å². The zero-order valence-corrected chi connectivity index (χ0v) is 14.2. The van der Waals surface area contributed by atoms with Crippen LogP contribution in [0.4, 0.5) is 0 Å². The van der Waals surface area contributed by atoms with E-state index < -0.39 is 0 Å². The molecule has 2 aromatic heterocycles. The van der Waals surface area contributed by atoms with E-state index in [1.807, 2.05) is 18.2 Å². The second kappa shape index (κ2) is 9.19. The number of hydrogen-bond acceptors (Lipinski definition) is 5. The van der Waals surface area contributed by atoms with Crippen molar-refractivity contribution in [2.45, 2.75) is 18.2 Å². The molecule has 0 amide bonds. The van der Waals surface area contributed by atoms with Crippen molar-refractivity contribution >= 4 is 29.3 Å². The fourth-order valence-corrected chi connectivity index (χ4v) is 2.86. The number of hydrogen-bond donors (Lipinski definition) is 0. The fourth-order valence-electron chi connectivity index (χ4n) is 1.67. The number of carbonyl (C=O) groups is 1. The number of halogens is 1. The van der Waals surface area contributed by atoms with Crippen LogP contribution in [0.5, 0.6) is 0 Å². The molecule has 0 aliphatic heterocycles.